The summed E-state index contributed by atoms with van der Waals surface area (Å²) >= 11 is 1.53. The molecule has 0 aliphatic rings. The Labute approximate surface area is 87.5 Å². The van der Waals surface area contributed by atoms with Gasteiger partial charge in [0.05, 0.1) is 6.61 Å². The van der Waals surface area contributed by atoms with E-state index in [9.17, 15) is 0 Å². The monoisotopic (exact) mass is 214 g/mol. The molecule has 0 aliphatic carbocycles. The quantitative estimate of drug-likeness (QED) is 0.763. The Balaban J connectivity index is 2.83. The molecule has 0 atom stereocenters. The average molecular weight is 214 g/mol. The summed E-state index contributed by atoms with van der Waals surface area (Å²) in [6, 6.07) is 0.295. The fourth-order valence-corrected chi connectivity index (χ4v) is 1.51. The van der Waals surface area contributed by atoms with Crippen LogP contribution in [-0.2, 0) is 0 Å². The number of hydrogen-bond acceptors (Lipinski definition) is 6. The number of nitrogens with two attached hydrogens (primary N) is 1. The topological polar surface area (TPSA) is 73.9 Å². The Kier molecular flexibility index (Phi) is 3.94. The van der Waals surface area contributed by atoms with Gasteiger partial charge in [-0.15, -0.1) is 0 Å². The summed E-state index contributed by atoms with van der Waals surface area (Å²) in [5.41, 5.74) is 5.51. The second kappa shape index (κ2) is 4.99. The van der Waals surface area contributed by atoms with Gasteiger partial charge in [0, 0.05) is 5.25 Å². The molecule has 1 aromatic rings. The van der Waals surface area contributed by atoms with E-state index in [1.54, 1.807) is 0 Å². The SMILES string of the molecule is CCOc1nc(N)nc(SC(C)C)n1. The summed E-state index contributed by atoms with van der Waals surface area (Å²) in [6.45, 7) is 6.51. The Bertz CT molecular complexity index is 305. The van der Waals surface area contributed by atoms with Gasteiger partial charge in [-0.3, -0.25) is 0 Å². The number of thioether (sulfide) groups is 1. The standard InChI is InChI=1S/C8H14N4OS/c1-4-13-7-10-6(9)11-8(12-7)14-5(2)3/h5H,4H2,1-3H3,(H2,9,10,11,12). The number of ether oxygens (including phenoxy) is 1. The molecule has 1 heterocycles. The fourth-order valence-electron chi connectivity index (χ4n) is 0.810. The van der Waals surface area contributed by atoms with E-state index in [1.807, 2.05) is 6.92 Å². The highest BCUT2D eigenvalue weighted by Gasteiger charge is 2.07. The van der Waals surface area contributed by atoms with Crippen molar-refractivity contribution in [2.45, 2.75) is 31.2 Å². The molecule has 78 valence electrons. The second-order valence-corrected chi connectivity index (χ2v) is 4.40. The van der Waals surface area contributed by atoms with Crippen molar-refractivity contribution in [1.29, 1.82) is 0 Å². The van der Waals surface area contributed by atoms with Crippen LogP contribution in [0.25, 0.3) is 0 Å². The molecule has 0 saturated heterocycles. The minimum absolute atomic E-state index is 0.201. The zero-order valence-electron chi connectivity index (χ0n) is 8.52. The lowest BCUT2D eigenvalue weighted by Gasteiger charge is -2.05. The van der Waals surface area contributed by atoms with Gasteiger partial charge in [0.2, 0.25) is 5.95 Å². The lowest BCUT2D eigenvalue weighted by Crippen LogP contribution is -2.05. The average Bonchev–Trinajstić information content (AvgIpc) is 2.01. The minimum Gasteiger partial charge on any atom is -0.464 e. The van der Waals surface area contributed by atoms with Gasteiger partial charge in [-0.2, -0.15) is 15.0 Å². The number of rotatable bonds is 4. The predicted octanol–water partition coefficient (Wildman–Crippen LogP) is 1.35. The van der Waals surface area contributed by atoms with Gasteiger partial charge in [0.15, 0.2) is 5.16 Å². The lowest BCUT2D eigenvalue weighted by molar-refractivity contribution is 0.308. The molecule has 1 aromatic heterocycles. The lowest BCUT2D eigenvalue weighted by atomic mass is 10.6. The van der Waals surface area contributed by atoms with E-state index in [1.165, 1.54) is 11.8 Å². The summed E-state index contributed by atoms with van der Waals surface area (Å²) in [7, 11) is 0. The smallest absolute Gasteiger partial charge is 0.322 e. The van der Waals surface area contributed by atoms with E-state index < -0.39 is 0 Å². The number of aromatic nitrogens is 3. The molecule has 0 saturated carbocycles. The van der Waals surface area contributed by atoms with E-state index in [2.05, 4.69) is 28.8 Å². The van der Waals surface area contributed by atoms with Crippen LogP contribution in [0.4, 0.5) is 5.95 Å². The van der Waals surface area contributed by atoms with Gasteiger partial charge < -0.3 is 10.5 Å². The third-order valence-electron chi connectivity index (χ3n) is 1.23. The predicted molar refractivity (Wildman–Crippen MR) is 56.4 cm³/mol. The van der Waals surface area contributed by atoms with Crippen LogP contribution in [0, 0.1) is 0 Å². The van der Waals surface area contributed by atoms with Crippen LogP contribution < -0.4 is 10.5 Å². The number of nitrogen functional groups attached to an aromatic ring is 1. The highest BCUT2D eigenvalue weighted by molar-refractivity contribution is 7.99. The number of hydrogen-bond donors (Lipinski definition) is 1. The molecule has 0 aromatic carbocycles. The normalized spacial score (nSPS) is 10.6. The van der Waals surface area contributed by atoms with Crippen molar-refractivity contribution in [3.63, 3.8) is 0 Å². The first kappa shape index (κ1) is 11.0. The van der Waals surface area contributed by atoms with Gasteiger partial charge in [-0.1, -0.05) is 25.6 Å². The van der Waals surface area contributed by atoms with Gasteiger partial charge >= 0.3 is 6.01 Å². The molecule has 0 amide bonds. The molecular formula is C8H14N4OS. The number of anilines is 1. The van der Waals surface area contributed by atoms with Gasteiger partial charge in [0.1, 0.15) is 0 Å². The summed E-state index contributed by atoms with van der Waals surface area (Å²) in [5, 5.41) is 1.02. The van der Waals surface area contributed by atoms with E-state index >= 15 is 0 Å². The Hall–Kier alpha value is -1.04. The Morgan fingerprint density at radius 3 is 2.64 bits per heavy atom. The van der Waals surface area contributed by atoms with Crippen LogP contribution in [0.3, 0.4) is 0 Å². The van der Waals surface area contributed by atoms with Crippen LogP contribution in [0.15, 0.2) is 5.16 Å². The molecule has 0 radical (unpaired) electrons. The summed E-state index contributed by atoms with van der Waals surface area (Å²) in [4.78, 5) is 11.9. The van der Waals surface area contributed by atoms with Crippen molar-refractivity contribution in [1.82, 2.24) is 15.0 Å². The maximum Gasteiger partial charge on any atom is 0.322 e. The third-order valence-corrected chi connectivity index (χ3v) is 2.09. The fraction of sp³-hybridized carbons (Fsp3) is 0.625. The molecule has 0 fully saturated rings. The van der Waals surface area contributed by atoms with Crippen molar-refractivity contribution in [2.24, 2.45) is 0 Å². The molecule has 6 heteroatoms. The summed E-state index contributed by atoms with van der Waals surface area (Å²) in [6.07, 6.45) is 0. The maximum atomic E-state index is 5.51. The molecular weight excluding hydrogens is 200 g/mol. The van der Waals surface area contributed by atoms with E-state index in [0.29, 0.717) is 23.0 Å². The van der Waals surface area contributed by atoms with Gasteiger partial charge in [0.25, 0.3) is 0 Å². The first-order valence-corrected chi connectivity index (χ1v) is 5.30. The second-order valence-electron chi connectivity index (χ2n) is 2.86. The third kappa shape index (κ3) is 3.37. The first-order valence-electron chi connectivity index (χ1n) is 4.42. The zero-order chi connectivity index (χ0) is 10.6. The molecule has 14 heavy (non-hydrogen) atoms. The molecule has 2 N–H and O–H groups in total. The van der Waals surface area contributed by atoms with Crippen molar-refractivity contribution in [3.05, 3.63) is 0 Å². The van der Waals surface area contributed by atoms with E-state index in [0.717, 1.165) is 0 Å². The molecule has 0 aliphatic heterocycles. The Morgan fingerprint density at radius 1 is 1.36 bits per heavy atom. The van der Waals surface area contributed by atoms with Gasteiger partial charge in [-0.05, 0) is 6.92 Å². The van der Waals surface area contributed by atoms with Gasteiger partial charge in [-0.25, -0.2) is 0 Å². The molecule has 1 rings (SSSR count). The molecule has 0 unspecified atom stereocenters. The highest BCUT2D eigenvalue weighted by atomic mass is 32.2. The number of nitrogens with zero attached hydrogens (tertiary/aromatic N) is 3. The largest absolute Gasteiger partial charge is 0.464 e. The maximum absolute atomic E-state index is 5.51. The van der Waals surface area contributed by atoms with Crippen LogP contribution in [-0.4, -0.2) is 26.8 Å². The summed E-state index contributed by atoms with van der Waals surface area (Å²) in [5.74, 6) is 0.201. The molecule has 0 bridgehead atoms. The molecule has 0 spiro atoms. The van der Waals surface area contributed by atoms with Crippen LogP contribution >= 0.6 is 11.8 Å². The summed E-state index contributed by atoms with van der Waals surface area (Å²) < 4.78 is 5.15. The minimum atomic E-state index is 0.201. The van der Waals surface area contributed by atoms with Crippen molar-refractivity contribution < 1.29 is 4.74 Å². The van der Waals surface area contributed by atoms with Crippen LogP contribution in [0.2, 0.25) is 0 Å². The van der Waals surface area contributed by atoms with E-state index in [-0.39, 0.29) is 5.95 Å². The van der Waals surface area contributed by atoms with E-state index in [4.69, 9.17) is 10.5 Å². The van der Waals surface area contributed by atoms with Crippen molar-refractivity contribution in [3.8, 4) is 6.01 Å². The van der Waals surface area contributed by atoms with Crippen molar-refractivity contribution in [2.75, 3.05) is 12.3 Å². The Morgan fingerprint density at radius 2 is 2.07 bits per heavy atom. The zero-order valence-corrected chi connectivity index (χ0v) is 9.34. The van der Waals surface area contributed by atoms with Crippen LogP contribution in [0.1, 0.15) is 20.8 Å². The highest BCUT2D eigenvalue weighted by Crippen LogP contribution is 2.20. The van der Waals surface area contributed by atoms with Crippen LogP contribution in [0.5, 0.6) is 6.01 Å². The van der Waals surface area contributed by atoms with Crippen molar-refractivity contribution >= 4 is 17.7 Å². The first-order chi connectivity index (χ1) is 6.61. The molecule has 5 nitrogen and oxygen atoms in total.